The first-order valence-corrected chi connectivity index (χ1v) is 10.9. The van der Waals surface area contributed by atoms with Gasteiger partial charge in [0.15, 0.2) is 5.96 Å². The Morgan fingerprint density at radius 2 is 1.77 bits per heavy atom. The van der Waals surface area contributed by atoms with E-state index in [1.165, 1.54) is 0 Å². The molecule has 0 saturated carbocycles. The van der Waals surface area contributed by atoms with E-state index in [9.17, 15) is 13.2 Å². The molecule has 0 spiro atoms. The molecule has 1 unspecified atom stereocenters. The maximum atomic E-state index is 12.9. The average molecular weight is 560 g/mol. The van der Waals surface area contributed by atoms with Crippen LogP contribution in [0.1, 0.15) is 31.0 Å². The van der Waals surface area contributed by atoms with Gasteiger partial charge in [-0.3, -0.25) is 9.89 Å². The van der Waals surface area contributed by atoms with E-state index >= 15 is 0 Å². The fourth-order valence-corrected chi connectivity index (χ4v) is 3.24. The summed E-state index contributed by atoms with van der Waals surface area (Å²) in [5.41, 5.74) is 0.207. The van der Waals surface area contributed by atoms with Crippen molar-refractivity contribution in [3.63, 3.8) is 0 Å². The first kappa shape index (κ1) is 27.3. The summed E-state index contributed by atoms with van der Waals surface area (Å²) in [6.45, 7) is 8.28. The zero-order valence-corrected chi connectivity index (χ0v) is 21.0. The second-order valence-electron chi connectivity index (χ2n) is 7.55. The van der Waals surface area contributed by atoms with Gasteiger partial charge in [0.25, 0.3) is 0 Å². The molecular formula is C20H32F3IN4OS. The molecule has 1 aliphatic heterocycles. The van der Waals surface area contributed by atoms with Crippen molar-refractivity contribution >= 4 is 41.7 Å². The van der Waals surface area contributed by atoms with Crippen molar-refractivity contribution in [1.29, 1.82) is 0 Å². The molecule has 0 bridgehead atoms. The number of ether oxygens (including phenoxy) is 1. The smallest absolute Gasteiger partial charge is 0.379 e. The summed E-state index contributed by atoms with van der Waals surface area (Å²) in [7, 11) is 1.71. The van der Waals surface area contributed by atoms with Gasteiger partial charge >= 0.3 is 6.18 Å². The number of nitrogens with zero attached hydrogens (tertiary/aromatic N) is 2. The maximum Gasteiger partial charge on any atom is 0.416 e. The molecule has 1 atom stereocenters. The lowest BCUT2D eigenvalue weighted by Crippen LogP contribution is -2.48. The Balaban J connectivity index is 0.00000450. The number of benzene rings is 1. The van der Waals surface area contributed by atoms with Crippen molar-refractivity contribution < 1.29 is 17.9 Å². The van der Waals surface area contributed by atoms with Gasteiger partial charge in [0.05, 0.1) is 24.8 Å². The lowest BCUT2D eigenvalue weighted by Gasteiger charge is -2.35. The third-order valence-corrected chi connectivity index (χ3v) is 6.28. The molecule has 10 heteroatoms. The van der Waals surface area contributed by atoms with E-state index in [1.54, 1.807) is 30.9 Å². The highest BCUT2D eigenvalue weighted by Crippen LogP contribution is 2.31. The summed E-state index contributed by atoms with van der Waals surface area (Å²) in [6, 6.07) is 5.36. The largest absolute Gasteiger partial charge is 0.416 e. The van der Waals surface area contributed by atoms with Crippen LogP contribution in [0.15, 0.2) is 29.3 Å². The zero-order valence-electron chi connectivity index (χ0n) is 17.9. The van der Waals surface area contributed by atoms with Crippen LogP contribution in [0, 0.1) is 0 Å². The van der Waals surface area contributed by atoms with Gasteiger partial charge in [0.1, 0.15) is 0 Å². The van der Waals surface area contributed by atoms with E-state index in [-0.39, 0.29) is 34.8 Å². The first-order chi connectivity index (χ1) is 13.7. The Morgan fingerprint density at radius 3 is 2.27 bits per heavy atom. The van der Waals surface area contributed by atoms with Crippen LogP contribution in [-0.2, 0) is 10.9 Å². The van der Waals surface area contributed by atoms with Crippen molar-refractivity contribution in [3.05, 3.63) is 35.4 Å². The number of hydrogen-bond acceptors (Lipinski definition) is 4. The molecule has 1 saturated heterocycles. The topological polar surface area (TPSA) is 48.9 Å². The summed E-state index contributed by atoms with van der Waals surface area (Å²) in [5, 5.41) is 6.66. The second-order valence-corrected chi connectivity index (χ2v) is 9.07. The molecule has 30 heavy (non-hydrogen) atoms. The second kappa shape index (κ2) is 12.4. The van der Waals surface area contributed by atoms with E-state index in [4.69, 9.17) is 4.74 Å². The minimum absolute atomic E-state index is 0. The van der Waals surface area contributed by atoms with Crippen LogP contribution < -0.4 is 10.6 Å². The molecule has 1 fully saturated rings. The molecule has 0 amide bonds. The Morgan fingerprint density at radius 1 is 1.17 bits per heavy atom. The standard InChI is InChI=1S/C20H31F3N4OS.HI/c1-19(2,29-4)14-26-18(24-3)25-13-17(27-9-11-28-12-10-27)15-5-7-16(8-6-15)20(21,22)23;/h5-8,17H,9-14H2,1-4H3,(H2,24,25,26);1H. The average Bonchev–Trinajstić information content (AvgIpc) is 2.71. The molecule has 1 aliphatic rings. The van der Waals surface area contributed by atoms with E-state index in [1.807, 2.05) is 0 Å². The van der Waals surface area contributed by atoms with Crippen LogP contribution >= 0.6 is 35.7 Å². The number of halogens is 4. The van der Waals surface area contributed by atoms with Crippen molar-refractivity contribution in [2.45, 2.75) is 30.8 Å². The Bertz CT molecular complexity index is 665. The molecule has 1 aromatic rings. The number of thioether (sulfide) groups is 1. The minimum Gasteiger partial charge on any atom is -0.379 e. The van der Waals surface area contributed by atoms with Crippen molar-refractivity contribution in [2.75, 3.05) is 52.7 Å². The number of alkyl halides is 3. The maximum absolute atomic E-state index is 12.9. The van der Waals surface area contributed by atoms with Gasteiger partial charge in [-0.25, -0.2) is 0 Å². The molecule has 5 nitrogen and oxygen atoms in total. The fraction of sp³-hybridized carbons (Fsp3) is 0.650. The van der Waals surface area contributed by atoms with E-state index in [0.717, 1.165) is 37.3 Å². The Kier molecular flexibility index (Phi) is 11.2. The summed E-state index contributed by atoms with van der Waals surface area (Å²) < 4.78 is 44.3. The third-order valence-electron chi connectivity index (χ3n) is 5.03. The molecule has 172 valence electrons. The Hall–Kier alpha value is -0.720. The third kappa shape index (κ3) is 8.43. The molecule has 1 aromatic carbocycles. The van der Waals surface area contributed by atoms with Crippen LogP contribution in [0.5, 0.6) is 0 Å². The number of guanidine groups is 1. The number of morpholine rings is 1. The van der Waals surface area contributed by atoms with Gasteiger partial charge in [0, 0.05) is 38.0 Å². The highest BCUT2D eigenvalue weighted by atomic mass is 127. The predicted octanol–water partition coefficient (Wildman–Crippen LogP) is 4.00. The van der Waals surface area contributed by atoms with Gasteiger partial charge in [-0.05, 0) is 37.8 Å². The van der Waals surface area contributed by atoms with Crippen LogP contribution in [0.4, 0.5) is 13.2 Å². The van der Waals surface area contributed by atoms with Crippen molar-refractivity contribution in [2.24, 2.45) is 4.99 Å². The van der Waals surface area contributed by atoms with Crippen LogP contribution in [0.3, 0.4) is 0 Å². The fourth-order valence-electron chi connectivity index (χ4n) is 3.02. The van der Waals surface area contributed by atoms with Crippen molar-refractivity contribution in [1.82, 2.24) is 15.5 Å². The Labute approximate surface area is 198 Å². The van der Waals surface area contributed by atoms with Gasteiger partial charge in [-0.15, -0.1) is 24.0 Å². The number of hydrogen-bond donors (Lipinski definition) is 2. The normalized spacial score (nSPS) is 17.2. The quantitative estimate of drug-likeness (QED) is 0.300. The number of rotatable bonds is 7. The van der Waals surface area contributed by atoms with Crippen LogP contribution in [0.25, 0.3) is 0 Å². The molecule has 2 rings (SSSR count). The number of aliphatic imine (C=N–C) groups is 1. The van der Waals surface area contributed by atoms with Crippen molar-refractivity contribution in [3.8, 4) is 0 Å². The first-order valence-electron chi connectivity index (χ1n) is 9.65. The minimum atomic E-state index is -4.33. The molecular weight excluding hydrogens is 528 g/mol. The van der Waals surface area contributed by atoms with E-state index < -0.39 is 11.7 Å². The summed E-state index contributed by atoms with van der Waals surface area (Å²) in [6.07, 6.45) is -2.27. The zero-order chi connectivity index (χ0) is 21.5. The van der Waals surface area contributed by atoms with E-state index in [2.05, 4.69) is 40.6 Å². The molecule has 2 N–H and O–H groups in total. The van der Waals surface area contributed by atoms with Gasteiger partial charge in [-0.1, -0.05) is 12.1 Å². The molecule has 0 aliphatic carbocycles. The van der Waals surface area contributed by atoms with Crippen LogP contribution in [0.2, 0.25) is 0 Å². The van der Waals surface area contributed by atoms with Gasteiger partial charge in [-0.2, -0.15) is 24.9 Å². The predicted molar refractivity (Wildman–Crippen MR) is 129 cm³/mol. The van der Waals surface area contributed by atoms with Gasteiger partial charge in [0.2, 0.25) is 0 Å². The van der Waals surface area contributed by atoms with Gasteiger partial charge < -0.3 is 15.4 Å². The number of nitrogens with one attached hydrogen (secondary N) is 2. The summed E-state index contributed by atoms with van der Waals surface area (Å²) in [4.78, 5) is 6.51. The lowest BCUT2D eigenvalue weighted by atomic mass is 10.0. The highest BCUT2D eigenvalue weighted by Gasteiger charge is 2.31. The summed E-state index contributed by atoms with van der Waals surface area (Å²) in [5.74, 6) is 0.678. The molecule has 0 radical (unpaired) electrons. The monoisotopic (exact) mass is 560 g/mol. The van der Waals surface area contributed by atoms with Crippen LogP contribution in [-0.4, -0.2) is 68.3 Å². The molecule has 0 aromatic heterocycles. The molecule has 1 heterocycles. The SMILES string of the molecule is CN=C(NCC(c1ccc(C(F)(F)F)cc1)N1CCOCC1)NCC(C)(C)SC.I. The highest BCUT2D eigenvalue weighted by molar-refractivity contribution is 14.0. The van der Waals surface area contributed by atoms with E-state index in [0.29, 0.717) is 25.7 Å². The lowest BCUT2D eigenvalue weighted by molar-refractivity contribution is -0.137. The summed E-state index contributed by atoms with van der Waals surface area (Å²) >= 11 is 1.77.